The first kappa shape index (κ1) is 13.3. The molecule has 3 N–H and O–H groups in total. The zero-order chi connectivity index (χ0) is 12.0. The van der Waals surface area contributed by atoms with Gasteiger partial charge in [0.25, 0.3) is 0 Å². The molecular weight excluding hydrogens is 289 g/mol. The third-order valence-corrected chi connectivity index (χ3v) is 3.70. The Kier molecular flexibility index (Phi) is 3.61. The van der Waals surface area contributed by atoms with Crippen LogP contribution < -0.4 is 10.5 Å². The zero-order valence-electron chi connectivity index (χ0n) is 9.53. The molecule has 94 valence electrons. The highest BCUT2D eigenvalue weighted by atomic mass is 35.5. The highest BCUT2D eigenvalue weighted by molar-refractivity contribution is 8.04. The molecule has 0 spiro atoms. The van der Waals surface area contributed by atoms with Gasteiger partial charge in [-0.2, -0.15) is 0 Å². The molecule has 0 bridgehead atoms. The molecule has 3 rings (SSSR count). The first-order chi connectivity index (χ1) is 8.16. The van der Waals surface area contributed by atoms with E-state index < -0.39 is 0 Å². The minimum atomic E-state index is 0. The number of fused-ring (bicyclic) bond motifs is 3. The molecule has 0 radical (unpaired) electrons. The molecule has 2 heterocycles. The minimum Gasteiger partial charge on any atom is -0.396 e. The number of hydrogen-bond donors (Lipinski definition) is 2. The Morgan fingerprint density at radius 3 is 3.00 bits per heavy atom. The van der Waals surface area contributed by atoms with Gasteiger partial charge in [-0.3, -0.25) is 4.98 Å². The smallest absolute Gasteiger partial charge is 0.0959 e. The van der Waals surface area contributed by atoms with Gasteiger partial charge < -0.3 is 10.5 Å². The number of hydrogen-bond acceptors (Lipinski definition) is 4. The third-order valence-electron chi connectivity index (χ3n) is 2.72. The maximum absolute atomic E-state index is 6.13. The Bertz CT molecular complexity index is 613. The highest BCUT2D eigenvalue weighted by Gasteiger charge is 2.23. The van der Waals surface area contributed by atoms with Gasteiger partial charge in [0.2, 0.25) is 0 Å². The molecule has 0 unspecified atom stereocenters. The third kappa shape index (κ3) is 2.00. The van der Waals surface area contributed by atoms with Gasteiger partial charge in [-0.15, -0.1) is 12.4 Å². The summed E-state index contributed by atoms with van der Waals surface area (Å²) in [5.74, 6) is 0. The van der Waals surface area contributed by atoms with Crippen LogP contribution in [-0.2, 0) is 0 Å². The maximum atomic E-state index is 6.13. The van der Waals surface area contributed by atoms with E-state index in [-0.39, 0.29) is 12.4 Å². The summed E-state index contributed by atoms with van der Waals surface area (Å²) in [5, 5.41) is 0.651. The van der Waals surface area contributed by atoms with Crippen molar-refractivity contribution in [2.24, 2.45) is 0 Å². The SMILES string of the molecule is CC1=Cc2c(N)c3nccc(Cl)cc-3c2NS1.Cl. The largest absolute Gasteiger partial charge is 0.396 e. The lowest BCUT2D eigenvalue weighted by atomic mass is 10.2. The number of allylic oxidation sites excluding steroid dienone is 1. The van der Waals surface area contributed by atoms with Crippen LogP contribution >= 0.6 is 36.0 Å². The van der Waals surface area contributed by atoms with Gasteiger partial charge in [-0.05, 0) is 37.1 Å². The first-order valence-electron chi connectivity index (χ1n) is 5.14. The number of rotatable bonds is 0. The van der Waals surface area contributed by atoms with Crippen molar-refractivity contribution >= 4 is 53.4 Å². The lowest BCUT2D eigenvalue weighted by molar-refractivity contribution is 1.38. The molecular formula is C12H11Cl2N3S. The van der Waals surface area contributed by atoms with Gasteiger partial charge >= 0.3 is 0 Å². The first-order valence-corrected chi connectivity index (χ1v) is 6.34. The molecule has 6 heteroatoms. The van der Waals surface area contributed by atoms with Crippen LogP contribution in [0, 0.1) is 0 Å². The predicted octanol–water partition coefficient (Wildman–Crippen LogP) is 4.28. The van der Waals surface area contributed by atoms with Crippen molar-refractivity contribution in [1.82, 2.24) is 4.98 Å². The Labute approximate surface area is 121 Å². The molecule has 3 aliphatic rings. The lowest BCUT2D eigenvalue weighted by Crippen LogP contribution is -1.94. The Balaban J connectivity index is 0.00000120. The fourth-order valence-corrected chi connectivity index (χ4v) is 2.77. The van der Waals surface area contributed by atoms with Crippen LogP contribution in [0.5, 0.6) is 0 Å². The van der Waals surface area contributed by atoms with Crippen LogP contribution in [0.4, 0.5) is 11.4 Å². The Hall–Kier alpha value is -1.10. The highest BCUT2D eigenvalue weighted by Crippen LogP contribution is 2.47. The van der Waals surface area contributed by atoms with Gasteiger partial charge in [0.15, 0.2) is 0 Å². The molecule has 2 aliphatic heterocycles. The van der Waals surface area contributed by atoms with Crippen molar-refractivity contribution in [1.29, 1.82) is 0 Å². The monoisotopic (exact) mass is 299 g/mol. The molecule has 0 atom stereocenters. The Morgan fingerprint density at radius 2 is 2.22 bits per heavy atom. The summed E-state index contributed by atoms with van der Waals surface area (Å²) >= 11 is 7.63. The van der Waals surface area contributed by atoms with Crippen molar-refractivity contribution in [3.63, 3.8) is 0 Å². The van der Waals surface area contributed by atoms with Crippen LogP contribution in [0.25, 0.3) is 17.3 Å². The fraction of sp³-hybridized carbons (Fsp3) is 0.0833. The number of nitrogen functional groups attached to an aromatic ring is 1. The fourth-order valence-electron chi connectivity index (χ4n) is 1.94. The molecule has 0 saturated heterocycles. The average Bonchev–Trinajstić information content (AvgIpc) is 2.48. The van der Waals surface area contributed by atoms with E-state index in [9.17, 15) is 0 Å². The van der Waals surface area contributed by atoms with Crippen LogP contribution in [0.1, 0.15) is 12.5 Å². The lowest BCUT2D eigenvalue weighted by Gasteiger charge is -2.12. The molecule has 3 nitrogen and oxygen atoms in total. The number of nitrogens with zero attached hydrogens (tertiary/aromatic N) is 1. The van der Waals surface area contributed by atoms with Gasteiger partial charge in [-0.25, -0.2) is 0 Å². The van der Waals surface area contributed by atoms with Gasteiger partial charge in [-0.1, -0.05) is 11.6 Å². The van der Waals surface area contributed by atoms with E-state index in [2.05, 4.69) is 15.8 Å². The molecule has 18 heavy (non-hydrogen) atoms. The zero-order valence-corrected chi connectivity index (χ0v) is 11.9. The molecule has 0 aromatic carbocycles. The molecule has 0 saturated carbocycles. The molecule has 1 aliphatic carbocycles. The van der Waals surface area contributed by atoms with E-state index in [0.717, 1.165) is 22.5 Å². The van der Waals surface area contributed by atoms with E-state index in [1.807, 2.05) is 13.0 Å². The summed E-state index contributed by atoms with van der Waals surface area (Å²) in [6, 6.07) is 3.64. The predicted molar refractivity (Wildman–Crippen MR) is 82.4 cm³/mol. The Morgan fingerprint density at radius 1 is 1.44 bits per heavy atom. The van der Waals surface area contributed by atoms with Gasteiger partial charge in [0.05, 0.1) is 17.1 Å². The number of nitrogens with one attached hydrogen (secondary N) is 1. The maximum Gasteiger partial charge on any atom is 0.0959 e. The average molecular weight is 300 g/mol. The van der Waals surface area contributed by atoms with Crippen molar-refractivity contribution in [3.05, 3.63) is 33.8 Å². The molecule has 0 aromatic heterocycles. The van der Waals surface area contributed by atoms with Crippen LogP contribution in [0.15, 0.2) is 23.2 Å². The summed E-state index contributed by atoms with van der Waals surface area (Å²) in [6.45, 7) is 2.04. The summed E-state index contributed by atoms with van der Waals surface area (Å²) in [6.07, 6.45) is 3.75. The van der Waals surface area contributed by atoms with E-state index in [1.165, 1.54) is 4.91 Å². The minimum absolute atomic E-state index is 0. The van der Waals surface area contributed by atoms with Crippen molar-refractivity contribution in [3.8, 4) is 11.3 Å². The van der Waals surface area contributed by atoms with E-state index >= 15 is 0 Å². The van der Waals surface area contributed by atoms with E-state index in [1.54, 1.807) is 24.2 Å². The van der Waals surface area contributed by atoms with E-state index in [0.29, 0.717) is 10.7 Å². The number of halogens is 2. The van der Waals surface area contributed by atoms with Crippen molar-refractivity contribution < 1.29 is 0 Å². The van der Waals surface area contributed by atoms with Gasteiger partial charge in [0, 0.05) is 27.3 Å². The second kappa shape index (κ2) is 4.88. The molecule has 0 amide bonds. The van der Waals surface area contributed by atoms with Crippen LogP contribution in [0.3, 0.4) is 0 Å². The summed E-state index contributed by atoms with van der Waals surface area (Å²) in [4.78, 5) is 5.52. The quantitative estimate of drug-likeness (QED) is 0.713. The van der Waals surface area contributed by atoms with Crippen LogP contribution in [-0.4, -0.2) is 4.98 Å². The molecule has 0 aromatic rings. The standard InChI is InChI=1S/C12H10ClN3S.ClH/c1-6-4-8-10(14)12-9(11(8)16-17-6)5-7(13)2-3-15-12;/h2-5,16H,14H2,1H3;1H. The summed E-state index contributed by atoms with van der Waals surface area (Å²) in [7, 11) is 0. The van der Waals surface area contributed by atoms with Gasteiger partial charge in [0.1, 0.15) is 0 Å². The second-order valence-electron chi connectivity index (χ2n) is 3.90. The van der Waals surface area contributed by atoms with E-state index in [4.69, 9.17) is 17.3 Å². The second-order valence-corrected chi connectivity index (χ2v) is 5.39. The normalized spacial score (nSPS) is 13.3. The van der Waals surface area contributed by atoms with Crippen LogP contribution in [0.2, 0.25) is 5.02 Å². The number of anilines is 2. The molecule has 0 fully saturated rings. The summed E-state index contributed by atoms with van der Waals surface area (Å²) < 4.78 is 3.29. The topological polar surface area (TPSA) is 50.9 Å². The van der Waals surface area contributed by atoms with Crippen molar-refractivity contribution in [2.75, 3.05) is 10.5 Å². The summed E-state index contributed by atoms with van der Waals surface area (Å²) in [5.41, 5.74) is 10.6. The number of aromatic nitrogens is 1. The number of nitrogens with two attached hydrogens (primary N) is 1. The van der Waals surface area contributed by atoms with Crippen molar-refractivity contribution in [2.45, 2.75) is 6.92 Å².